The normalized spacial score (nSPS) is 30.7. The summed E-state index contributed by atoms with van der Waals surface area (Å²) in [5.74, 6) is 0.498. The van der Waals surface area contributed by atoms with Crippen LogP contribution in [0.15, 0.2) is 30.3 Å². The van der Waals surface area contributed by atoms with E-state index in [1.807, 2.05) is 6.07 Å². The maximum absolute atomic E-state index is 10.6. The van der Waals surface area contributed by atoms with Crippen LogP contribution in [0.4, 0.5) is 0 Å². The maximum atomic E-state index is 10.6. The standard InChI is InChI=1S/C14H20O/c1-2-13-9-6-10-14(13,15)11-12-7-4-3-5-8-12/h3-5,7-8,13,15H,2,6,9-11H2,1H3. The minimum atomic E-state index is -0.434. The van der Waals surface area contributed by atoms with E-state index in [0.717, 1.165) is 19.3 Å². The first-order valence-corrected chi connectivity index (χ1v) is 6.01. The fourth-order valence-corrected chi connectivity index (χ4v) is 2.89. The third-order valence-corrected chi connectivity index (χ3v) is 3.77. The van der Waals surface area contributed by atoms with Crippen LogP contribution in [0.2, 0.25) is 0 Å². The van der Waals surface area contributed by atoms with Gasteiger partial charge in [-0.2, -0.15) is 0 Å². The second kappa shape index (κ2) is 4.36. The molecule has 1 aliphatic rings. The minimum absolute atomic E-state index is 0.434. The van der Waals surface area contributed by atoms with Gasteiger partial charge in [0.1, 0.15) is 0 Å². The molecule has 82 valence electrons. The second-order valence-corrected chi connectivity index (χ2v) is 4.76. The highest BCUT2D eigenvalue weighted by Crippen LogP contribution is 2.39. The van der Waals surface area contributed by atoms with Gasteiger partial charge in [0.05, 0.1) is 5.60 Å². The van der Waals surface area contributed by atoms with Gasteiger partial charge >= 0.3 is 0 Å². The SMILES string of the molecule is CCC1CCCC1(O)Cc1ccccc1. The summed E-state index contributed by atoms with van der Waals surface area (Å²) in [5.41, 5.74) is 0.830. The summed E-state index contributed by atoms with van der Waals surface area (Å²) in [7, 11) is 0. The van der Waals surface area contributed by atoms with E-state index in [4.69, 9.17) is 0 Å². The first kappa shape index (κ1) is 10.7. The van der Waals surface area contributed by atoms with Gasteiger partial charge in [0, 0.05) is 6.42 Å². The summed E-state index contributed by atoms with van der Waals surface area (Å²) >= 11 is 0. The second-order valence-electron chi connectivity index (χ2n) is 4.76. The number of aliphatic hydroxyl groups is 1. The van der Waals surface area contributed by atoms with E-state index in [1.54, 1.807) is 0 Å². The molecule has 0 bridgehead atoms. The molecular weight excluding hydrogens is 184 g/mol. The lowest BCUT2D eigenvalue weighted by molar-refractivity contribution is 0.00147. The van der Waals surface area contributed by atoms with E-state index in [1.165, 1.54) is 18.4 Å². The first-order valence-electron chi connectivity index (χ1n) is 6.01. The molecule has 2 unspecified atom stereocenters. The summed E-state index contributed by atoms with van der Waals surface area (Å²) in [6.07, 6.45) is 5.28. The van der Waals surface area contributed by atoms with Gasteiger partial charge in [0.25, 0.3) is 0 Å². The Bertz CT molecular complexity index is 306. The highest BCUT2D eigenvalue weighted by atomic mass is 16.3. The van der Waals surface area contributed by atoms with Gasteiger partial charge in [0.15, 0.2) is 0 Å². The molecule has 0 heterocycles. The molecule has 1 N–H and O–H groups in total. The highest BCUT2D eigenvalue weighted by Gasteiger charge is 2.39. The molecule has 0 amide bonds. The number of hydrogen-bond acceptors (Lipinski definition) is 1. The molecule has 0 aromatic heterocycles. The van der Waals surface area contributed by atoms with Crippen LogP contribution >= 0.6 is 0 Å². The fourth-order valence-electron chi connectivity index (χ4n) is 2.89. The number of hydrogen-bond donors (Lipinski definition) is 1. The summed E-state index contributed by atoms with van der Waals surface area (Å²) < 4.78 is 0. The van der Waals surface area contributed by atoms with Crippen molar-refractivity contribution >= 4 is 0 Å². The van der Waals surface area contributed by atoms with Crippen LogP contribution in [0.25, 0.3) is 0 Å². The molecule has 0 saturated heterocycles. The monoisotopic (exact) mass is 204 g/mol. The predicted molar refractivity (Wildman–Crippen MR) is 62.7 cm³/mol. The van der Waals surface area contributed by atoms with E-state index in [-0.39, 0.29) is 0 Å². The molecule has 15 heavy (non-hydrogen) atoms. The first-order chi connectivity index (χ1) is 7.24. The molecule has 1 saturated carbocycles. The fraction of sp³-hybridized carbons (Fsp3) is 0.571. The van der Waals surface area contributed by atoms with Crippen LogP contribution < -0.4 is 0 Å². The minimum Gasteiger partial charge on any atom is -0.389 e. The van der Waals surface area contributed by atoms with Crippen molar-refractivity contribution in [3.8, 4) is 0 Å². The Balaban J connectivity index is 2.10. The van der Waals surface area contributed by atoms with Crippen molar-refractivity contribution in [2.45, 2.75) is 44.6 Å². The van der Waals surface area contributed by atoms with Crippen molar-refractivity contribution in [3.05, 3.63) is 35.9 Å². The Hall–Kier alpha value is -0.820. The van der Waals surface area contributed by atoms with E-state index < -0.39 is 5.60 Å². The highest BCUT2D eigenvalue weighted by molar-refractivity contribution is 5.18. The van der Waals surface area contributed by atoms with Crippen molar-refractivity contribution < 1.29 is 5.11 Å². The van der Waals surface area contributed by atoms with Gasteiger partial charge in [-0.05, 0) is 24.3 Å². The van der Waals surface area contributed by atoms with Crippen molar-refractivity contribution in [1.29, 1.82) is 0 Å². The van der Waals surface area contributed by atoms with Crippen LogP contribution in [-0.2, 0) is 6.42 Å². The van der Waals surface area contributed by atoms with Crippen LogP contribution in [0, 0.1) is 5.92 Å². The van der Waals surface area contributed by atoms with Gasteiger partial charge < -0.3 is 5.11 Å². The van der Waals surface area contributed by atoms with Crippen LogP contribution in [0.1, 0.15) is 38.2 Å². The van der Waals surface area contributed by atoms with Crippen LogP contribution in [-0.4, -0.2) is 10.7 Å². The Kier molecular flexibility index (Phi) is 3.11. The largest absolute Gasteiger partial charge is 0.389 e. The quantitative estimate of drug-likeness (QED) is 0.801. The zero-order valence-corrected chi connectivity index (χ0v) is 9.45. The summed E-state index contributed by atoms with van der Waals surface area (Å²) in [5, 5.41) is 10.6. The molecule has 2 rings (SSSR count). The lowest BCUT2D eigenvalue weighted by Gasteiger charge is -2.29. The van der Waals surface area contributed by atoms with E-state index in [9.17, 15) is 5.11 Å². The lowest BCUT2D eigenvalue weighted by Crippen LogP contribution is -2.35. The zero-order chi connectivity index (χ0) is 10.7. The summed E-state index contributed by atoms with van der Waals surface area (Å²) in [6, 6.07) is 10.4. The average Bonchev–Trinajstić information content (AvgIpc) is 2.60. The summed E-state index contributed by atoms with van der Waals surface area (Å²) in [4.78, 5) is 0. The number of benzene rings is 1. The third-order valence-electron chi connectivity index (χ3n) is 3.77. The van der Waals surface area contributed by atoms with Crippen molar-refractivity contribution in [3.63, 3.8) is 0 Å². The predicted octanol–water partition coefficient (Wildman–Crippen LogP) is 3.17. The van der Waals surface area contributed by atoms with Gasteiger partial charge in [0.2, 0.25) is 0 Å². The van der Waals surface area contributed by atoms with Gasteiger partial charge in [-0.15, -0.1) is 0 Å². The van der Waals surface area contributed by atoms with Crippen molar-refractivity contribution in [2.75, 3.05) is 0 Å². The average molecular weight is 204 g/mol. The topological polar surface area (TPSA) is 20.2 Å². The molecule has 1 aliphatic carbocycles. The van der Waals surface area contributed by atoms with E-state index >= 15 is 0 Å². The zero-order valence-electron chi connectivity index (χ0n) is 9.45. The molecule has 0 aliphatic heterocycles. The van der Waals surface area contributed by atoms with Crippen molar-refractivity contribution in [2.24, 2.45) is 5.92 Å². The van der Waals surface area contributed by atoms with E-state index in [0.29, 0.717) is 5.92 Å². The number of rotatable bonds is 3. The Morgan fingerprint density at radius 3 is 2.73 bits per heavy atom. The molecule has 2 atom stereocenters. The molecule has 0 spiro atoms. The molecule has 1 fully saturated rings. The van der Waals surface area contributed by atoms with Crippen LogP contribution in [0.5, 0.6) is 0 Å². The maximum Gasteiger partial charge on any atom is 0.0715 e. The smallest absolute Gasteiger partial charge is 0.0715 e. The lowest BCUT2D eigenvalue weighted by atomic mass is 9.83. The van der Waals surface area contributed by atoms with Gasteiger partial charge in [-0.3, -0.25) is 0 Å². The molecule has 1 heteroatoms. The van der Waals surface area contributed by atoms with Crippen molar-refractivity contribution in [1.82, 2.24) is 0 Å². The van der Waals surface area contributed by atoms with Gasteiger partial charge in [-0.1, -0.05) is 50.1 Å². The Morgan fingerprint density at radius 1 is 1.33 bits per heavy atom. The van der Waals surface area contributed by atoms with Crippen LogP contribution in [0.3, 0.4) is 0 Å². The van der Waals surface area contributed by atoms with E-state index in [2.05, 4.69) is 31.2 Å². The molecule has 1 nitrogen and oxygen atoms in total. The molecular formula is C14H20O. The third kappa shape index (κ3) is 2.23. The molecule has 0 radical (unpaired) electrons. The Labute approximate surface area is 92.1 Å². The molecule has 1 aromatic rings. The van der Waals surface area contributed by atoms with Gasteiger partial charge in [-0.25, -0.2) is 0 Å². The molecule has 1 aromatic carbocycles. The Morgan fingerprint density at radius 2 is 2.07 bits per heavy atom. The summed E-state index contributed by atoms with van der Waals surface area (Å²) in [6.45, 7) is 2.19.